The van der Waals surface area contributed by atoms with Crippen molar-refractivity contribution in [3.63, 3.8) is 0 Å². The highest BCUT2D eigenvalue weighted by Crippen LogP contribution is 2.30. The molecule has 1 heterocycles. The van der Waals surface area contributed by atoms with Gasteiger partial charge in [-0.1, -0.05) is 16.8 Å². The lowest BCUT2D eigenvalue weighted by molar-refractivity contribution is 0.0652. The molecule has 1 aromatic carbocycles. The Labute approximate surface area is 98.4 Å². The second-order valence-electron chi connectivity index (χ2n) is 3.13. The van der Waals surface area contributed by atoms with Crippen molar-refractivity contribution in [2.45, 2.75) is 0 Å². The number of rotatable bonds is 2. The molecule has 4 nitrogen and oxygen atoms in total. The monoisotopic (exact) mass is 259 g/mol. The van der Waals surface area contributed by atoms with Crippen LogP contribution in [-0.2, 0) is 0 Å². The zero-order valence-electron chi connectivity index (χ0n) is 8.08. The first-order valence-electron chi connectivity index (χ1n) is 4.34. The molecule has 0 saturated heterocycles. The van der Waals surface area contributed by atoms with E-state index in [0.717, 1.165) is 12.1 Å². The summed E-state index contributed by atoms with van der Waals surface area (Å²) in [4.78, 5) is 10.5. The smallest absolute Gasteiger partial charge is 0.374 e. The predicted octanol–water partition coefficient (Wildman–Crippen LogP) is 2.97. The predicted molar refractivity (Wildman–Crippen MR) is 53.8 cm³/mol. The van der Waals surface area contributed by atoms with E-state index in [1.165, 1.54) is 0 Å². The lowest BCUT2D eigenvalue weighted by atomic mass is 10.1. The van der Waals surface area contributed by atoms with Crippen molar-refractivity contribution in [1.29, 1.82) is 0 Å². The quantitative estimate of drug-likeness (QED) is 0.842. The summed E-state index contributed by atoms with van der Waals surface area (Å²) in [6, 6.07) is 2.58. The van der Waals surface area contributed by atoms with Crippen molar-refractivity contribution in [1.82, 2.24) is 5.16 Å². The summed E-state index contributed by atoms with van der Waals surface area (Å²) in [7, 11) is 0. The molecule has 88 valence electrons. The van der Waals surface area contributed by atoms with Gasteiger partial charge < -0.3 is 9.63 Å². The first-order valence-corrected chi connectivity index (χ1v) is 4.71. The van der Waals surface area contributed by atoms with Gasteiger partial charge in [0, 0.05) is 17.7 Å². The van der Waals surface area contributed by atoms with Gasteiger partial charge >= 0.3 is 5.97 Å². The van der Waals surface area contributed by atoms with E-state index in [0.29, 0.717) is 6.07 Å². The number of aromatic nitrogens is 1. The van der Waals surface area contributed by atoms with E-state index in [-0.39, 0.29) is 16.3 Å². The standard InChI is InChI=1S/C10H4ClF2NO3/c11-9-5(1-4(12)2-6(9)13)7-3-8(10(15)16)17-14-7/h1-3H,(H,15,16). The Balaban J connectivity index is 2.56. The number of aromatic carboxylic acids is 1. The number of hydrogen-bond donors (Lipinski definition) is 1. The lowest BCUT2D eigenvalue weighted by Crippen LogP contribution is -1.91. The Bertz CT molecular complexity index is 597. The summed E-state index contributed by atoms with van der Waals surface area (Å²) in [5.41, 5.74) is -0.119. The molecular weight excluding hydrogens is 256 g/mol. The van der Waals surface area contributed by atoms with E-state index in [4.69, 9.17) is 16.7 Å². The molecule has 0 spiro atoms. The summed E-state index contributed by atoms with van der Waals surface area (Å²) < 4.78 is 30.6. The Hall–Kier alpha value is -1.95. The average molecular weight is 260 g/mol. The summed E-state index contributed by atoms with van der Waals surface area (Å²) in [6.07, 6.45) is 0. The summed E-state index contributed by atoms with van der Waals surface area (Å²) >= 11 is 5.62. The summed E-state index contributed by atoms with van der Waals surface area (Å²) in [5, 5.41) is 11.6. The van der Waals surface area contributed by atoms with Crippen molar-refractivity contribution < 1.29 is 23.2 Å². The minimum Gasteiger partial charge on any atom is -0.475 e. The van der Waals surface area contributed by atoms with Gasteiger partial charge in [-0.3, -0.25) is 0 Å². The molecule has 0 bridgehead atoms. The zero-order chi connectivity index (χ0) is 12.6. The maximum absolute atomic E-state index is 13.1. The normalized spacial score (nSPS) is 10.5. The molecule has 0 amide bonds. The van der Waals surface area contributed by atoms with Crippen LogP contribution in [0.2, 0.25) is 5.02 Å². The molecule has 2 rings (SSSR count). The molecule has 0 fully saturated rings. The molecule has 0 unspecified atom stereocenters. The first-order chi connectivity index (χ1) is 7.99. The Morgan fingerprint density at radius 2 is 2.06 bits per heavy atom. The van der Waals surface area contributed by atoms with Crippen LogP contribution in [0.3, 0.4) is 0 Å². The third kappa shape index (κ3) is 2.12. The van der Waals surface area contributed by atoms with Crippen LogP contribution in [0.25, 0.3) is 11.3 Å². The maximum Gasteiger partial charge on any atom is 0.374 e. The van der Waals surface area contributed by atoms with E-state index >= 15 is 0 Å². The fourth-order valence-corrected chi connectivity index (χ4v) is 1.45. The molecule has 0 radical (unpaired) electrons. The van der Waals surface area contributed by atoms with Gasteiger partial charge in [-0.25, -0.2) is 13.6 Å². The number of benzene rings is 1. The van der Waals surface area contributed by atoms with Crippen molar-refractivity contribution in [2.24, 2.45) is 0 Å². The zero-order valence-corrected chi connectivity index (χ0v) is 8.83. The van der Waals surface area contributed by atoms with Crippen LogP contribution in [0.4, 0.5) is 8.78 Å². The number of hydrogen-bond acceptors (Lipinski definition) is 3. The van der Waals surface area contributed by atoms with E-state index < -0.39 is 23.4 Å². The van der Waals surface area contributed by atoms with Gasteiger partial charge in [0.05, 0.1) is 5.02 Å². The second-order valence-corrected chi connectivity index (χ2v) is 3.51. The molecule has 17 heavy (non-hydrogen) atoms. The summed E-state index contributed by atoms with van der Waals surface area (Å²) in [5.74, 6) is -3.58. The summed E-state index contributed by atoms with van der Waals surface area (Å²) in [6.45, 7) is 0. The number of halogens is 3. The SMILES string of the molecule is O=C(O)c1cc(-c2cc(F)cc(F)c2Cl)no1. The van der Waals surface area contributed by atoms with E-state index in [1.807, 2.05) is 0 Å². The molecule has 1 N–H and O–H groups in total. The van der Waals surface area contributed by atoms with Crippen molar-refractivity contribution in [2.75, 3.05) is 0 Å². The van der Waals surface area contributed by atoms with E-state index in [9.17, 15) is 13.6 Å². The van der Waals surface area contributed by atoms with Gasteiger partial charge in [0.15, 0.2) is 0 Å². The molecule has 0 saturated carbocycles. The molecule has 1 aromatic heterocycles. The third-order valence-electron chi connectivity index (χ3n) is 1.99. The fraction of sp³-hybridized carbons (Fsp3) is 0. The van der Waals surface area contributed by atoms with Crippen LogP contribution >= 0.6 is 11.6 Å². The van der Waals surface area contributed by atoms with Gasteiger partial charge in [0.25, 0.3) is 0 Å². The Kier molecular flexibility index (Phi) is 2.81. The van der Waals surface area contributed by atoms with Crippen molar-refractivity contribution in [3.05, 3.63) is 40.6 Å². The minimum atomic E-state index is -1.34. The second kappa shape index (κ2) is 4.14. The third-order valence-corrected chi connectivity index (χ3v) is 2.37. The van der Waals surface area contributed by atoms with Gasteiger partial charge in [-0.05, 0) is 6.07 Å². The Morgan fingerprint density at radius 1 is 1.35 bits per heavy atom. The number of nitrogens with zero attached hydrogens (tertiary/aromatic N) is 1. The first kappa shape index (κ1) is 11.5. The molecule has 0 aliphatic rings. The van der Waals surface area contributed by atoms with Crippen molar-refractivity contribution in [3.8, 4) is 11.3 Å². The van der Waals surface area contributed by atoms with Crippen LogP contribution in [0, 0.1) is 11.6 Å². The minimum absolute atomic E-state index is 0.0502. The van der Waals surface area contributed by atoms with Gasteiger partial charge in [0.2, 0.25) is 5.76 Å². The molecule has 7 heteroatoms. The average Bonchev–Trinajstić information content (AvgIpc) is 2.72. The molecule has 0 aliphatic heterocycles. The van der Waals surface area contributed by atoms with Gasteiger partial charge in [-0.15, -0.1) is 0 Å². The molecule has 0 aliphatic carbocycles. The van der Waals surface area contributed by atoms with Gasteiger partial charge in [-0.2, -0.15) is 0 Å². The highest BCUT2D eigenvalue weighted by molar-refractivity contribution is 6.33. The van der Waals surface area contributed by atoms with Crippen LogP contribution < -0.4 is 0 Å². The van der Waals surface area contributed by atoms with Crippen LogP contribution in [-0.4, -0.2) is 16.2 Å². The largest absolute Gasteiger partial charge is 0.475 e. The topological polar surface area (TPSA) is 63.3 Å². The highest BCUT2D eigenvalue weighted by Gasteiger charge is 2.17. The number of carbonyl (C=O) groups is 1. The lowest BCUT2D eigenvalue weighted by Gasteiger charge is -2.01. The van der Waals surface area contributed by atoms with Crippen LogP contribution in [0.5, 0.6) is 0 Å². The maximum atomic E-state index is 13.1. The van der Waals surface area contributed by atoms with Crippen LogP contribution in [0.15, 0.2) is 22.7 Å². The van der Waals surface area contributed by atoms with Crippen molar-refractivity contribution >= 4 is 17.6 Å². The number of carboxylic acid groups (broad SMARTS) is 1. The van der Waals surface area contributed by atoms with Gasteiger partial charge in [0.1, 0.15) is 17.3 Å². The highest BCUT2D eigenvalue weighted by atomic mass is 35.5. The molecule has 2 aromatic rings. The molecular formula is C10H4ClF2NO3. The number of carboxylic acids is 1. The molecule has 0 atom stereocenters. The van der Waals surface area contributed by atoms with E-state index in [2.05, 4.69) is 9.68 Å². The van der Waals surface area contributed by atoms with Crippen LogP contribution in [0.1, 0.15) is 10.6 Å². The Morgan fingerprint density at radius 3 is 2.65 bits per heavy atom. The van der Waals surface area contributed by atoms with E-state index in [1.54, 1.807) is 0 Å². The fourth-order valence-electron chi connectivity index (χ4n) is 1.25.